The van der Waals surface area contributed by atoms with Crippen LogP contribution < -0.4 is 10.9 Å². The summed E-state index contributed by atoms with van der Waals surface area (Å²) in [7, 11) is 4.53. The Bertz CT molecular complexity index is 548. The van der Waals surface area contributed by atoms with Crippen molar-refractivity contribution in [1.29, 1.82) is 0 Å². The number of esters is 1. The van der Waals surface area contributed by atoms with Gasteiger partial charge in [0.2, 0.25) is 0 Å². The fraction of sp³-hybridized carbons (Fsp3) is 0.625. The van der Waals surface area contributed by atoms with Gasteiger partial charge in [-0.1, -0.05) is 46.5 Å². The average molecular weight is 600 g/mol. The van der Waals surface area contributed by atoms with Crippen LogP contribution in [0.4, 0.5) is 0 Å². The summed E-state index contributed by atoms with van der Waals surface area (Å²) < 4.78 is 4.65. The van der Waals surface area contributed by atoms with Crippen LogP contribution in [0, 0.1) is 12.0 Å². The molecule has 2 rings (SSSR count). The molecule has 0 amide bonds. The van der Waals surface area contributed by atoms with Gasteiger partial charge in [0.1, 0.15) is 0 Å². The maximum atomic E-state index is 10.9. The molecule has 6 nitrogen and oxygen atoms in total. The van der Waals surface area contributed by atoms with Crippen molar-refractivity contribution >= 4 is 11.7 Å². The molecular weight excluding hydrogens is 557 g/mol. The molecule has 1 aromatic carbocycles. The fourth-order valence-electron chi connectivity index (χ4n) is 3.13. The quantitative estimate of drug-likeness (QED) is 0.175. The molecule has 0 unspecified atom stereocenters. The van der Waals surface area contributed by atoms with Crippen LogP contribution in [-0.2, 0) is 35.4 Å². The van der Waals surface area contributed by atoms with Gasteiger partial charge in [0.05, 0.1) is 19.6 Å². The summed E-state index contributed by atoms with van der Waals surface area (Å²) in [5, 5.41) is 9.38. The van der Waals surface area contributed by atoms with Crippen molar-refractivity contribution in [3.05, 3.63) is 47.2 Å². The Kier molecular flexibility index (Phi) is 28.2. The predicted molar refractivity (Wildman–Crippen MR) is 127 cm³/mol. The first-order valence-electron chi connectivity index (χ1n) is 11.0. The SMILES string of the molecule is CC.CCC/C(CO)=C(\NNC)c1cc[c-]cc1.COC(=O)C1CCCCC1.C[NH-].[Hf]. The van der Waals surface area contributed by atoms with Gasteiger partial charge in [-0.15, -0.1) is 5.56 Å². The molecule has 1 saturated carbocycles. The number of aliphatic hydroxyl groups is 1. The first kappa shape index (κ1) is 34.6. The monoisotopic (exact) mass is 601 g/mol. The number of hydrogen-bond donors (Lipinski definition) is 3. The van der Waals surface area contributed by atoms with E-state index in [-0.39, 0.29) is 44.3 Å². The second-order valence-corrected chi connectivity index (χ2v) is 6.41. The van der Waals surface area contributed by atoms with Crippen LogP contribution >= 0.6 is 0 Å². The number of aliphatic hydroxyl groups excluding tert-OH is 1. The zero-order valence-corrected chi connectivity index (χ0v) is 23.9. The van der Waals surface area contributed by atoms with Crippen molar-refractivity contribution in [1.82, 2.24) is 10.9 Å². The minimum absolute atomic E-state index is 0. The molecule has 0 atom stereocenters. The third-order valence-electron chi connectivity index (χ3n) is 4.49. The third kappa shape index (κ3) is 15.4. The summed E-state index contributed by atoms with van der Waals surface area (Å²) in [6.45, 7) is 6.18. The van der Waals surface area contributed by atoms with E-state index in [2.05, 4.69) is 28.6 Å². The molecular formula is C24H43HfN3O3-2. The zero-order chi connectivity index (χ0) is 23.2. The maximum absolute atomic E-state index is 10.9. The Morgan fingerprint density at radius 1 is 1.19 bits per heavy atom. The minimum atomic E-state index is -0.0142. The summed E-state index contributed by atoms with van der Waals surface area (Å²) >= 11 is 0. The van der Waals surface area contributed by atoms with Crippen molar-refractivity contribution in [2.24, 2.45) is 5.92 Å². The van der Waals surface area contributed by atoms with Gasteiger partial charge in [0, 0.05) is 38.6 Å². The van der Waals surface area contributed by atoms with E-state index in [0.717, 1.165) is 42.5 Å². The molecule has 7 heteroatoms. The molecule has 0 saturated heterocycles. The molecule has 31 heavy (non-hydrogen) atoms. The number of ether oxygens (including phenoxy) is 1. The van der Waals surface area contributed by atoms with Gasteiger partial charge in [-0.2, -0.15) is 37.4 Å². The summed E-state index contributed by atoms with van der Waals surface area (Å²) in [6.07, 6.45) is 7.65. The standard InChI is InChI=1S/C13H19N2O.C8H14O2.C2H6.CH4N.Hf/c1-3-7-12(10-16)13(15-14-2)11-8-5-4-6-9-11;1-10-8(9)7-5-3-2-4-6-7;2*1-2;/h5-6,8-9,14-16H,3,7,10H2,1-2H3;7H,2-6H2,1H3;1-2H3;2H,1H3;/q-1;;;-1;/b13-12+;;;;. The van der Waals surface area contributed by atoms with E-state index in [1.165, 1.54) is 33.4 Å². The second kappa shape index (κ2) is 25.2. The average Bonchev–Trinajstić information content (AvgIpc) is 2.85. The van der Waals surface area contributed by atoms with Crippen LogP contribution in [0.3, 0.4) is 0 Å². The zero-order valence-electron chi connectivity index (χ0n) is 20.3. The first-order valence-corrected chi connectivity index (χ1v) is 11.0. The molecule has 0 spiro atoms. The van der Waals surface area contributed by atoms with Crippen molar-refractivity contribution in [3.8, 4) is 0 Å². The van der Waals surface area contributed by atoms with E-state index in [1.54, 1.807) is 0 Å². The molecule has 0 radical (unpaired) electrons. The molecule has 1 fully saturated rings. The molecule has 0 aliphatic heterocycles. The van der Waals surface area contributed by atoms with Crippen molar-refractivity contribution in [2.45, 2.75) is 65.7 Å². The summed E-state index contributed by atoms with van der Waals surface area (Å²) in [6, 6.07) is 10.7. The van der Waals surface area contributed by atoms with Gasteiger partial charge >= 0.3 is 5.97 Å². The van der Waals surface area contributed by atoms with Gasteiger partial charge < -0.3 is 21.0 Å². The van der Waals surface area contributed by atoms with E-state index >= 15 is 0 Å². The van der Waals surface area contributed by atoms with Crippen LogP contribution in [0.5, 0.6) is 0 Å². The third-order valence-corrected chi connectivity index (χ3v) is 4.49. The predicted octanol–water partition coefficient (Wildman–Crippen LogP) is 5.15. The Labute approximate surface area is 209 Å². The number of nitrogens with one attached hydrogen (secondary N) is 3. The van der Waals surface area contributed by atoms with E-state index in [1.807, 2.05) is 45.2 Å². The maximum Gasteiger partial charge on any atom is 0.308 e. The van der Waals surface area contributed by atoms with Crippen LogP contribution in [0.1, 0.15) is 71.3 Å². The van der Waals surface area contributed by atoms with Gasteiger partial charge in [0.15, 0.2) is 0 Å². The molecule has 4 N–H and O–H groups in total. The number of carbonyl (C=O) groups excluding carboxylic acids is 1. The van der Waals surface area contributed by atoms with E-state index in [9.17, 15) is 9.90 Å². The van der Waals surface area contributed by atoms with Crippen molar-refractivity contribution < 1.29 is 40.5 Å². The number of benzene rings is 1. The van der Waals surface area contributed by atoms with Crippen LogP contribution in [0.15, 0.2) is 29.8 Å². The summed E-state index contributed by atoms with van der Waals surface area (Å²) in [4.78, 5) is 10.9. The molecule has 0 heterocycles. The van der Waals surface area contributed by atoms with Gasteiger partial charge in [-0.3, -0.25) is 4.79 Å². The molecule has 1 aromatic rings. The number of carbonyl (C=O) groups is 1. The van der Waals surface area contributed by atoms with Crippen molar-refractivity contribution in [2.75, 3.05) is 27.8 Å². The smallest absolute Gasteiger partial charge is 0.308 e. The number of hydrazine groups is 1. The Hall–Kier alpha value is -1.02. The van der Waals surface area contributed by atoms with Crippen LogP contribution in [0.25, 0.3) is 11.4 Å². The van der Waals surface area contributed by atoms with Crippen molar-refractivity contribution in [3.63, 3.8) is 0 Å². The number of hydrogen-bond acceptors (Lipinski definition) is 5. The summed E-state index contributed by atoms with van der Waals surface area (Å²) in [5.41, 5.74) is 14.8. The van der Waals surface area contributed by atoms with Crippen LogP contribution in [-0.4, -0.2) is 38.9 Å². The van der Waals surface area contributed by atoms with Gasteiger partial charge in [-0.25, -0.2) is 5.43 Å². The van der Waals surface area contributed by atoms with Gasteiger partial charge in [-0.05, 0) is 24.8 Å². The summed E-state index contributed by atoms with van der Waals surface area (Å²) in [5.74, 6) is 0.193. The normalized spacial score (nSPS) is 13.3. The number of methoxy groups -OCH3 is 1. The van der Waals surface area contributed by atoms with Gasteiger partial charge in [0.25, 0.3) is 0 Å². The van der Waals surface area contributed by atoms with Crippen LogP contribution in [0.2, 0.25) is 0 Å². The topological polar surface area (TPSA) is 94.4 Å². The second-order valence-electron chi connectivity index (χ2n) is 6.41. The first-order chi connectivity index (χ1) is 14.7. The van der Waals surface area contributed by atoms with E-state index < -0.39 is 0 Å². The fourth-order valence-corrected chi connectivity index (χ4v) is 3.13. The molecule has 0 aromatic heterocycles. The number of rotatable bonds is 7. The Morgan fingerprint density at radius 2 is 1.74 bits per heavy atom. The molecule has 1 aliphatic rings. The molecule has 0 bridgehead atoms. The largest absolute Gasteiger partial charge is 0.680 e. The Balaban J connectivity index is -0.000000451. The molecule has 1 aliphatic carbocycles. The van der Waals surface area contributed by atoms with E-state index in [0.29, 0.717) is 0 Å². The molecule has 178 valence electrons. The van der Waals surface area contributed by atoms with E-state index in [4.69, 9.17) is 5.73 Å². The minimum Gasteiger partial charge on any atom is -0.680 e. The Morgan fingerprint density at radius 3 is 2.16 bits per heavy atom.